The van der Waals surface area contributed by atoms with Crippen LogP contribution in [0.2, 0.25) is 0 Å². The Hall–Kier alpha value is -2.91. The van der Waals surface area contributed by atoms with Gasteiger partial charge in [-0.1, -0.05) is 33.2 Å². The lowest BCUT2D eigenvalue weighted by molar-refractivity contribution is -0.127. The fraction of sp³-hybridized carbons (Fsp3) is 0.400. The summed E-state index contributed by atoms with van der Waals surface area (Å²) in [6, 6.07) is 15.2. The highest BCUT2D eigenvalue weighted by Gasteiger charge is 2.27. The number of hydrogen-bond donors (Lipinski definition) is 1. The monoisotopic (exact) mass is 528 g/mol. The van der Waals surface area contributed by atoms with Crippen LogP contribution in [0.25, 0.3) is 11.4 Å². The van der Waals surface area contributed by atoms with Crippen molar-refractivity contribution in [3.63, 3.8) is 0 Å². The van der Waals surface area contributed by atoms with Crippen molar-refractivity contribution >= 4 is 21.8 Å². The van der Waals surface area contributed by atoms with Crippen molar-refractivity contribution in [1.82, 2.24) is 20.4 Å². The first-order chi connectivity index (χ1) is 16.5. The standard InChI is InChI=1S/C25H29BrN4O4/c1-17(16-33-22-6-4-3-5-21(22)32-2)27-25(31)19-11-13-30(14-12-19)15-23-28-24(29-34-23)18-7-9-20(26)10-8-18/h3-10,17,19H,11-16H2,1-2H3,(H,27,31). The molecule has 9 heteroatoms. The summed E-state index contributed by atoms with van der Waals surface area (Å²) < 4.78 is 17.6. The lowest BCUT2D eigenvalue weighted by atomic mass is 9.95. The number of amides is 1. The first kappa shape index (κ1) is 24.2. The van der Waals surface area contributed by atoms with E-state index < -0.39 is 0 Å². The predicted molar refractivity (Wildman–Crippen MR) is 132 cm³/mol. The van der Waals surface area contributed by atoms with E-state index in [-0.39, 0.29) is 17.9 Å². The second-order valence-electron chi connectivity index (χ2n) is 8.44. The molecule has 1 aliphatic rings. The normalized spacial score (nSPS) is 15.6. The van der Waals surface area contributed by atoms with Crippen LogP contribution in [-0.2, 0) is 11.3 Å². The van der Waals surface area contributed by atoms with Gasteiger partial charge >= 0.3 is 0 Å². The van der Waals surface area contributed by atoms with Crippen molar-refractivity contribution in [2.75, 3.05) is 26.8 Å². The van der Waals surface area contributed by atoms with E-state index in [9.17, 15) is 4.79 Å². The van der Waals surface area contributed by atoms with E-state index in [1.165, 1.54) is 0 Å². The van der Waals surface area contributed by atoms with Crippen LogP contribution in [0.1, 0.15) is 25.7 Å². The number of halogens is 1. The van der Waals surface area contributed by atoms with E-state index in [0.29, 0.717) is 36.4 Å². The van der Waals surface area contributed by atoms with Gasteiger partial charge in [-0.2, -0.15) is 4.98 Å². The van der Waals surface area contributed by atoms with Gasteiger partial charge in [0.1, 0.15) is 6.61 Å². The molecule has 0 aliphatic carbocycles. The maximum atomic E-state index is 12.7. The minimum atomic E-state index is -0.106. The van der Waals surface area contributed by atoms with E-state index in [1.807, 2.05) is 55.5 Å². The predicted octanol–water partition coefficient (Wildman–Crippen LogP) is 4.30. The molecule has 2 heterocycles. The van der Waals surface area contributed by atoms with Crippen molar-refractivity contribution in [3.05, 3.63) is 58.9 Å². The Balaban J connectivity index is 1.20. The molecule has 34 heavy (non-hydrogen) atoms. The summed E-state index contributed by atoms with van der Waals surface area (Å²) >= 11 is 3.43. The fourth-order valence-electron chi connectivity index (χ4n) is 3.94. The van der Waals surface area contributed by atoms with Gasteiger partial charge in [-0.15, -0.1) is 0 Å². The summed E-state index contributed by atoms with van der Waals surface area (Å²) in [4.78, 5) is 19.5. The Kier molecular flexibility index (Phi) is 8.18. The number of piperidine rings is 1. The second kappa shape index (κ2) is 11.5. The van der Waals surface area contributed by atoms with Crippen molar-refractivity contribution in [3.8, 4) is 22.9 Å². The summed E-state index contributed by atoms with van der Waals surface area (Å²) in [5.74, 6) is 2.59. The van der Waals surface area contributed by atoms with Crippen LogP contribution in [0, 0.1) is 5.92 Å². The topological polar surface area (TPSA) is 89.7 Å². The minimum Gasteiger partial charge on any atom is -0.493 e. The van der Waals surface area contributed by atoms with Crippen molar-refractivity contribution in [1.29, 1.82) is 0 Å². The largest absolute Gasteiger partial charge is 0.493 e. The lowest BCUT2D eigenvalue weighted by Crippen LogP contribution is -2.44. The highest BCUT2D eigenvalue weighted by atomic mass is 79.9. The molecule has 2 aromatic carbocycles. The first-order valence-corrected chi connectivity index (χ1v) is 12.2. The maximum absolute atomic E-state index is 12.7. The third kappa shape index (κ3) is 6.36. The summed E-state index contributed by atoms with van der Waals surface area (Å²) in [5.41, 5.74) is 0.914. The molecular formula is C25H29BrN4O4. The molecule has 3 aromatic rings. The maximum Gasteiger partial charge on any atom is 0.241 e. The number of aromatic nitrogens is 2. The molecule has 1 saturated heterocycles. The summed E-state index contributed by atoms with van der Waals surface area (Å²) in [5, 5.41) is 7.18. The minimum absolute atomic E-state index is 0.00836. The Morgan fingerprint density at radius 1 is 1.18 bits per heavy atom. The van der Waals surface area contributed by atoms with Gasteiger partial charge in [0.05, 0.1) is 19.7 Å². The number of nitrogens with zero attached hydrogens (tertiary/aromatic N) is 3. The Morgan fingerprint density at radius 3 is 2.59 bits per heavy atom. The number of likely N-dealkylation sites (tertiary alicyclic amines) is 1. The average molecular weight is 529 g/mol. The number of carbonyl (C=O) groups is 1. The molecule has 0 radical (unpaired) electrons. The number of ether oxygens (including phenoxy) is 2. The third-order valence-corrected chi connectivity index (χ3v) is 6.36. The van der Waals surface area contributed by atoms with E-state index in [0.717, 1.165) is 36.0 Å². The second-order valence-corrected chi connectivity index (χ2v) is 9.36. The molecule has 1 N–H and O–H groups in total. The number of carbonyl (C=O) groups excluding carboxylic acids is 1. The molecule has 1 amide bonds. The van der Waals surface area contributed by atoms with Gasteiger partial charge in [-0.05, 0) is 69.3 Å². The molecule has 0 spiro atoms. The van der Waals surface area contributed by atoms with Gasteiger partial charge in [0.25, 0.3) is 0 Å². The van der Waals surface area contributed by atoms with E-state index in [4.69, 9.17) is 14.0 Å². The molecule has 4 rings (SSSR count). The molecule has 0 bridgehead atoms. The van der Waals surface area contributed by atoms with E-state index in [2.05, 4.69) is 36.3 Å². The van der Waals surface area contributed by atoms with Gasteiger partial charge in [0, 0.05) is 16.0 Å². The van der Waals surface area contributed by atoms with Gasteiger partial charge in [0.2, 0.25) is 17.6 Å². The van der Waals surface area contributed by atoms with E-state index >= 15 is 0 Å². The SMILES string of the molecule is COc1ccccc1OCC(C)NC(=O)C1CCN(Cc2nc(-c3ccc(Br)cc3)no2)CC1. The zero-order valence-corrected chi connectivity index (χ0v) is 21.0. The van der Waals surface area contributed by atoms with Gasteiger partial charge < -0.3 is 19.3 Å². The molecule has 1 aliphatic heterocycles. The van der Waals surface area contributed by atoms with Crippen LogP contribution in [0.3, 0.4) is 0 Å². The number of hydrogen-bond acceptors (Lipinski definition) is 7. The van der Waals surface area contributed by atoms with Crippen LogP contribution in [0.15, 0.2) is 57.5 Å². The zero-order valence-electron chi connectivity index (χ0n) is 19.4. The molecule has 1 atom stereocenters. The van der Waals surface area contributed by atoms with Gasteiger partial charge in [-0.25, -0.2) is 0 Å². The van der Waals surface area contributed by atoms with Gasteiger partial charge in [-0.3, -0.25) is 9.69 Å². The fourth-order valence-corrected chi connectivity index (χ4v) is 4.20. The summed E-state index contributed by atoms with van der Waals surface area (Å²) in [6.07, 6.45) is 1.58. The van der Waals surface area contributed by atoms with Crippen LogP contribution in [0.4, 0.5) is 0 Å². The molecule has 180 valence electrons. The van der Waals surface area contributed by atoms with Crippen molar-refractivity contribution < 1.29 is 18.8 Å². The third-order valence-electron chi connectivity index (χ3n) is 5.83. The Morgan fingerprint density at radius 2 is 1.88 bits per heavy atom. The smallest absolute Gasteiger partial charge is 0.241 e. The first-order valence-electron chi connectivity index (χ1n) is 11.4. The molecule has 0 saturated carbocycles. The van der Waals surface area contributed by atoms with E-state index in [1.54, 1.807) is 7.11 Å². The number of para-hydroxylation sites is 2. The molecule has 1 unspecified atom stereocenters. The van der Waals surface area contributed by atoms with Crippen LogP contribution < -0.4 is 14.8 Å². The zero-order chi connectivity index (χ0) is 23.9. The Bertz CT molecular complexity index is 1080. The number of nitrogens with one attached hydrogen (secondary N) is 1. The average Bonchev–Trinajstić information content (AvgIpc) is 3.32. The van der Waals surface area contributed by atoms with Crippen molar-refractivity contribution in [2.24, 2.45) is 5.92 Å². The van der Waals surface area contributed by atoms with Crippen LogP contribution in [0.5, 0.6) is 11.5 Å². The van der Waals surface area contributed by atoms with Gasteiger partial charge in [0.15, 0.2) is 11.5 Å². The van der Waals surface area contributed by atoms with Crippen LogP contribution >= 0.6 is 15.9 Å². The Labute approximate surface area is 207 Å². The van der Waals surface area contributed by atoms with Crippen molar-refractivity contribution in [2.45, 2.75) is 32.4 Å². The number of methoxy groups -OCH3 is 1. The lowest BCUT2D eigenvalue weighted by Gasteiger charge is -2.30. The molecule has 1 aromatic heterocycles. The number of rotatable bonds is 9. The highest BCUT2D eigenvalue weighted by Crippen LogP contribution is 2.26. The summed E-state index contributed by atoms with van der Waals surface area (Å²) in [6.45, 7) is 4.52. The number of benzene rings is 2. The molecule has 8 nitrogen and oxygen atoms in total. The van der Waals surface area contributed by atoms with Crippen LogP contribution in [-0.4, -0.2) is 53.8 Å². The molecular weight excluding hydrogens is 500 g/mol. The quantitative estimate of drug-likeness (QED) is 0.442. The highest BCUT2D eigenvalue weighted by molar-refractivity contribution is 9.10. The molecule has 1 fully saturated rings. The summed E-state index contributed by atoms with van der Waals surface area (Å²) in [7, 11) is 1.61.